The number of thioether (sulfide) groups is 1. The lowest BCUT2D eigenvalue weighted by molar-refractivity contribution is -0.137. The molecule has 4 N–H and O–H groups in total. The van der Waals surface area contributed by atoms with Gasteiger partial charge in [0.25, 0.3) is 0 Å². The smallest absolute Gasteiger partial charge is 0.384 e. The number of halogens is 3. The van der Waals surface area contributed by atoms with Gasteiger partial charge in [0, 0.05) is 31.1 Å². The van der Waals surface area contributed by atoms with E-state index in [0.717, 1.165) is 22.2 Å². The molecular formula is C15H18F3N5S2. The van der Waals surface area contributed by atoms with Crippen LogP contribution in [0.5, 0.6) is 0 Å². The Morgan fingerprint density at radius 1 is 1.20 bits per heavy atom. The van der Waals surface area contributed by atoms with E-state index in [4.69, 9.17) is 5.73 Å². The third-order valence-corrected chi connectivity index (χ3v) is 4.81. The number of nitrogens with zero attached hydrogens (tertiary/aromatic N) is 2. The first kappa shape index (κ1) is 19.5. The number of hydrogen-bond acceptors (Lipinski definition) is 7. The van der Waals surface area contributed by atoms with E-state index in [1.807, 2.05) is 12.2 Å². The maximum Gasteiger partial charge on any atom is 0.416 e. The van der Waals surface area contributed by atoms with Crippen molar-refractivity contribution in [1.82, 2.24) is 15.5 Å². The molecule has 136 valence electrons. The van der Waals surface area contributed by atoms with Crippen molar-refractivity contribution in [2.45, 2.75) is 10.5 Å². The lowest BCUT2D eigenvalue weighted by Gasteiger charge is -2.10. The summed E-state index contributed by atoms with van der Waals surface area (Å²) in [6.07, 6.45) is -0.323. The molecule has 2 rings (SSSR count). The van der Waals surface area contributed by atoms with E-state index in [-0.39, 0.29) is 0 Å². The highest BCUT2D eigenvalue weighted by Crippen LogP contribution is 2.30. The Morgan fingerprint density at radius 2 is 2.04 bits per heavy atom. The molecule has 0 atom stereocenters. The zero-order valence-corrected chi connectivity index (χ0v) is 14.8. The summed E-state index contributed by atoms with van der Waals surface area (Å²) in [6.45, 7) is 1.86. The van der Waals surface area contributed by atoms with E-state index < -0.39 is 11.7 Å². The molecule has 0 radical (unpaired) electrons. The Hall–Kier alpha value is -1.78. The highest BCUT2D eigenvalue weighted by atomic mass is 32.2. The largest absolute Gasteiger partial charge is 0.416 e. The van der Waals surface area contributed by atoms with Crippen LogP contribution in [0.25, 0.3) is 0 Å². The maximum absolute atomic E-state index is 12.6. The van der Waals surface area contributed by atoms with Gasteiger partial charge in [0.05, 0.1) is 5.56 Å². The Labute approximate surface area is 151 Å². The van der Waals surface area contributed by atoms with Crippen LogP contribution in [0.15, 0.2) is 40.8 Å². The van der Waals surface area contributed by atoms with Crippen LogP contribution in [0.1, 0.15) is 5.56 Å². The molecule has 0 saturated heterocycles. The molecule has 25 heavy (non-hydrogen) atoms. The fraction of sp³-hybridized carbons (Fsp3) is 0.333. The molecule has 0 bridgehead atoms. The summed E-state index contributed by atoms with van der Waals surface area (Å²) in [6, 6.07) is 5.18. The number of alkyl halides is 3. The Kier molecular flexibility index (Phi) is 7.53. The summed E-state index contributed by atoms with van der Waals surface area (Å²) < 4.78 is 38.7. The summed E-state index contributed by atoms with van der Waals surface area (Å²) in [7, 11) is 0. The molecular weight excluding hydrogens is 371 g/mol. The molecule has 1 heterocycles. The Morgan fingerprint density at radius 3 is 2.76 bits per heavy atom. The minimum atomic E-state index is -4.32. The molecule has 0 saturated carbocycles. The number of nitrogen functional groups attached to an aromatic ring is 1. The van der Waals surface area contributed by atoms with Crippen LogP contribution >= 0.6 is 23.1 Å². The third kappa shape index (κ3) is 7.32. The van der Waals surface area contributed by atoms with E-state index in [0.29, 0.717) is 30.5 Å². The van der Waals surface area contributed by atoms with Gasteiger partial charge >= 0.3 is 6.18 Å². The minimum Gasteiger partial charge on any atom is -0.384 e. The number of rotatable bonds is 9. The van der Waals surface area contributed by atoms with Gasteiger partial charge in [-0.3, -0.25) is 0 Å². The normalized spacial score (nSPS) is 12.0. The van der Waals surface area contributed by atoms with E-state index in [9.17, 15) is 13.2 Å². The van der Waals surface area contributed by atoms with Gasteiger partial charge in [-0.15, -0.1) is 10.2 Å². The van der Waals surface area contributed by atoms with Crippen molar-refractivity contribution < 1.29 is 13.2 Å². The lowest BCUT2D eigenvalue weighted by Crippen LogP contribution is -2.22. The van der Waals surface area contributed by atoms with Crippen molar-refractivity contribution in [2.75, 3.05) is 36.4 Å². The highest BCUT2D eigenvalue weighted by Gasteiger charge is 2.30. The zero-order chi connectivity index (χ0) is 18.1. The van der Waals surface area contributed by atoms with Gasteiger partial charge in [0.15, 0.2) is 4.34 Å². The van der Waals surface area contributed by atoms with Crippen LogP contribution in [0.3, 0.4) is 0 Å². The molecule has 10 heteroatoms. The number of hydrogen-bond donors (Lipinski definition) is 3. The van der Waals surface area contributed by atoms with E-state index in [2.05, 4.69) is 20.8 Å². The van der Waals surface area contributed by atoms with Crippen molar-refractivity contribution in [2.24, 2.45) is 0 Å². The van der Waals surface area contributed by atoms with Crippen molar-refractivity contribution in [3.05, 3.63) is 42.0 Å². The Bertz CT molecular complexity index is 688. The van der Waals surface area contributed by atoms with Gasteiger partial charge < -0.3 is 16.4 Å². The zero-order valence-electron chi connectivity index (χ0n) is 13.2. The second-order valence-electron chi connectivity index (χ2n) is 4.90. The molecule has 1 aromatic carbocycles. The van der Waals surface area contributed by atoms with E-state index >= 15 is 0 Å². The topological polar surface area (TPSA) is 75.9 Å². The summed E-state index contributed by atoms with van der Waals surface area (Å²) in [5.74, 6) is 0.777. The van der Waals surface area contributed by atoms with Crippen LogP contribution in [-0.2, 0) is 6.18 Å². The predicted molar refractivity (Wildman–Crippen MR) is 97.0 cm³/mol. The molecule has 1 aromatic heterocycles. The average molecular weight is 389 g/mol. The van der Waals surface area contributed by atoms with Gasteiger partial charge in [-0.2, -0.15) is 13.2 Å². The fourth-order valence-electron chi connectivity index (χ4n) is 1.84. The number of nitrogens with one attached hydrogen (secondary N) is 2. The molecule has 5 nitrogen and oxygen atoms in total. The number of benzene rings is 1. The molecule has 0 spiro atoms. The van der Waals surface area contributed by atoms with Crippen LogP contribution in [0.4, 0.5) is 24.0 Å². The first-order chi connectivity index (χ1) is 11.9. The maximum atomic E-state index is 12.6. The highest BCUT2D eigenvalue weighted by molar-refractivity contribution is 8.01. The van der Waals surface area contributed by atoms with E-state index in [1.165, 1.54) is 17.4 Å². The second-order valence-corrected chi connectivity index (χ2v) is 7.17. The van der Waals surface area contributed by atoms with Crippen molar-refractivity contribution in [3.8, 4) is 0 Å². The molecule has 0 aliphatic carbocycles. The van der Waals surface area contributed by atoms with Gasteiger partial charge in [0.2, 0.25) is 5.13 Å². The fourth-order valence-corrected chi connectivity index (χ4v) is 3.35. The summed E-state index contributed by atoms with van der Waals surface area (Å²) >= 11 is 2.91. The van der Waals surface area contributed by atoms with Crippen LogP contribution in [0, 0.1) is 0 Å². The summed E-state index contributed by atoms with van der Waals surface area (Å²) in [5.41, 5.74) is 5.30. The van der Waals surface area contributed by atoms with Crippen LogP contribution in [-0.4, -0.2) is 35.6 Å². The average Bonchev–Trinajstić information content (AvgIpc) is 2.98. The number of aromatic nitrogens is 2. The first-order valence-electron chi connectivity index (χ1n) is 7.44. The predicted octanol–water partition coefficient (Wildman–Crippen LogP) is 3.49. The third-order valence-electron chi connectivity index (χ3n) is 2.97. The first-order valence-corrected chi connectivity index (χ1v) is 9.24. The summed E-state index contributed by atoms with van der Waals surface area (Å²) in [4.78, 5) is 0. The molecule has 0 amide bonds. The lowest BCUT2D eigenvalue weighted by atomic mass is 10.2. The monoisotopic (exact) mass is 389 g/mol. The van der Waals surface area contributed by atoms with Crippen molar-refractivity contribution in [1.29, 1.82) is 0 Å². The standard InChI is InChI=1S/C15H18F3N5S2/c16-15(17,18)11-4-3-5-12(10-11)21-8-7-20-6-1-2-9-24-14-23-22-13(19)25-14/h1-5,10,20-21H,6-9H2,(H2,19,22)/b2-1+. The van der Waals surface area contributed by atoms with Gasteiger partial charge in [-0.25, -0.2) is 0 Å². The molecule has 0 aliphatic rings. The van der Waals surface area contributed by atoms with Crippen molar-refractivity contribution in [3.63, 3.8) is 0 Å². The van der Waals surface area contributed by atoms with E-state index in [1.54, 1.807) is 17.8 Å². The van der Waals surface area contributed by atoms with Gasteiger partial charge in [-0.05, 0) is 18.2 Å². The van der Waals surface area contributed by atoms with Gasteiger partial charge in [0.1, 0.15) is 0 Å². The van der Waals surface area contributed by atoms with Crippen LogP contribution in [0.2, 0.25) is 0 Å². The van der Waals surface area contributed by atoms with Gasteiger partial charge in [-0.1, -0.05) is 41.3 Å². The molecule has 0 aliphatic heterocycles. The quantitative estimate of drug-likeness (QED) is 0.346. The van der Waals surface area contributed by atoms with Crippen molar-refractivity contribution >= 4 is 33.9 Å². The second kappa shape index (κ2) is 9.64. The molecule has 0 fully saturated rings. The SMILES string of the molecule is Nc1nnc(SC/C=C/CNCCNc2cccc(C(F)(F)F)c2)s1. The molecule has 0 unspecified atom stereocenters. The number of anilines is 2. The number of nitrogens with two attached hydrogens (primary N) is 1. The molecule has 2 aromatic rings. The summed E-state index contributed by atoms with van der Waals surface area (Å²) in [5, 5.41) is 14.2. The Balaban J connectivity index is 1.57. The van der Waals surface area contributed by atoms with Crippen LogP contribution < -0.4 is 16.4 Å². The minimum absolute atomic E-state index is 0.458.